The molecule has 0 spiro atoms. The van der Waals surface area contributed by atoms with Gasteiger partial charge >= 0.3 is 5.97 Å². The van der Waals surface area contributed by atoms with Gasteiger partial charge in [0, 0.05) is 5.57 Å². The summed E-state index contributed by atoms with van der Waals surface area (Å²) in [4.78, 5) is 13.0. The average molecular weight is 269 g/mol. The van der Waals surface area contributed by atoms with Gasteiger partial charge in [-0.05, 0) is 45.8 Å². The maximum atomic E-state index is 10.6. The molecule has 0 aliphatic heterocycles. The molecule has 0 rings (SSSR count). The minimum absolute atomic E-state index is 0.472. The molecule has 3 heteroatoms. The molecule has 0 aliphatic rings. The van der Waals surface area contributed by atoms with Crippen LogP contribution in [0.5, 0.6) is 0 Å². The third-order valence-electron chi connectivity index (χ3n) is 3.61. The maximum absolute atomic E-state index is 10.6. The zero-order valence-electron chi connectivity index (χ0n) is 13.0. The molecule has 0 aliphatic carbocycles. The molecule has 0 saturated carbocycles. The van der Waals surface area contributed by atoms with Crippen molar-refractivity contribution >= 4 is 5.97 Å². The molecule has 0 heterocycles. The van der Waals surface area contributed by atoms with Gasteiger partial charge < -0.3 is 10.0 Å². The summed E-state index contributed by atoms with van der Waals surface area (Å²) in [6.45, 7) is 9.65. The minimum Gasteiger partial charge on any atom is -0.478 e. The summed E-state index contributed by atoms with van der Waals surface area (Å²) in [5.74, 6) is -0.795. The van der Waals surface area contributed by atoms with Crippen LogP contribution >= 0.6 is 0 Å². The highest BCUT2D eigenvalue weighted by Gasteiger charge is 1.99. The van der Waals surface area contributed by atoms with Crippen molar-refractivity contribution in [1.82, 2.24) is 4.90 Å². The van der Waals surface area contributed by atoms with Gasteiger partial charge in [0.1, 0.15) is 0 Å². The highest BCUT2D eigenvalue weighted by molar-refractivity contribution is 5.85. The molecule has 0 saturated heterocycles. The first-order valence-corrected chi connectivity index (χ1v) is 7.74. The van der Waals surface area contributed by atoms with E-state index in [0.29, 0.717) is 5.57 Å². The van der Waals surface area contributed by atoms with Gasteiger partial charge in [-0.1, -0.05) is 45.6 Å². The molecule has 0 atom stereocenters. The smallest absolute Gasteiger partial charge is 0.330 e. The first-order valence-electron chi connectivity index (χ1n) is 7.74. The van der Waals surface area contributed by atoms with Gasteiger partial charge in [-0.25, -0.2) is 4.79 Å². The van der Waals surface area contributed by atoms with E-state index in [1.165, 1.54) is 38.6 Å². The monoisotopic (exact) mass is 269 g/mol. The fourth-order valence-corrected chi connectivity index (χ4v) is 2.13. The van der Waals surface area contributed by atoms with Gasteiger partial charge in [-0.15, -0.1) is 0 Å². The fourth-order valence-electron chi connectivity index (χ4n) is 2.13. The fraction of sp³-hybridized carbons (Fsp3) is 0.812. The second-order valence-corrected chi connectivity index (χ2v) is 5.13. The summed E-state index contributed by atoms with van der Waals surface area (Å²) in [7, 11) is 0. The molecule has 0 aromatic carbocycles. The lowest BCUT2D eigenvalue weighted by Crippen LogP contribution is -2.23. The van der Waals surface area contributed by atoms with Crippen molar-refractivity contribution in [3.63, 3.8) is 0 Å². The first-order chi connectivity index (χ1) is 9.11. The predicted octanol–water partition coefficient (Wildman–Crippen LogP) is 4.09. The summed E-state index contributed by atoms with van der Waals surface area (Å²) in [6.07, 6.45) is 10.3. The number of hydrogen-bond donors (Lipinski definition) is 1. The second-order valence-electron chi connectivity index (χ2n) is 5.13. The van der Waals surface area contributed by atoms with Crippen LogP contribution in [0.3, 0.4) is 0 Å². The summed E-state index contributed by atoms with van der Waals surface area (Å²) in [6, 6.07) is 0. The Bertz CT molecular complexity index is 257. The number of carboxylic acids is 1. The lowest BCUT2D eigenvalue weighted by Gasteiger charge is -2.17. The maximum Gasteiger partial charge on any atom is 0.330 e. The highest BCUT2D eigenvalue weighted by atomic mass is 16.4. The van der Waals surface area contributed by atoms with Crippen LogP contribution in [0.4, 0.5) is 0 Å². The van der Waals surface area contributed by atoms with Gasteiger partial charge in [-0.2, -0.15) is 0 Å². The largest absolute Gasteiger partial charge is 0.478 e. The summed E-state index contributed by atoms with van der Waals surface area (Å²) < 4.78 is 0. The van der Waals surface area contributed by atoms with Gasteiger partial charge in [-0.3, -0.25) is 0 Å². The normalized spacial score (nSPS) is 12.1. The first kappa shape index (κ1) is 18.2. The molecule has 19 heavy (non-hydrogen) atoms. The van der Waals surface area contributed by atoms with Crippen LogP contribution < -0.4 is 0 Å². The highest BCUT2D eigenvalue weighted by Crippen LogP contribution is 2.09. The SMILES string of the molecule is CCN(CC)CCCCCCCCC=C(C)C(=O)O. The zero-order valence-corrected chi connectivity index (χ0v) is 13.0. The summed E-state index contributed by atoms with van der Waals surface area (Å²) in [5, 5.41) is 8.69. The third-order valence-corrected chi connectivity index (χ3v) is 3.61. The Morgan fingerprint density at radius 2 is 1.53 bits per heavy atom. The van der Waals surface area contributed by atoms with Crippen LogP contribution in [0.2, 0.25) is 0 Å². The molecule has 0 bridgehead atoms. The number of allylic oxidation sites excluding steroid dienone is 1. The van der Waals surface area contributed by atoms with Crippen molar-refractivity contribution in [2.24, 2.45) is 0 Å². The van der Waals surface area contributed by atoms with E-state index < -0.39 is 5.97 Å². The Balaban J connectivity index is 3.32. The summed E-state index contributed by atoms with van der Waals surface area (Å²) >= 11 is 0. The van der Waals surface area contributed by atoms with Crippen LogP contribution in [0.15, 0.2) is 11.6 Å². The van der Waals surface area contributed by atoms with Crippen LogP contribution in [0.1, 0.15) is 65.7 Å². The molecule has 0 unspecified atom stereocenters. The van der Waals surface area contributed by atoms with Crippen molar-refractivity contribution in [2.75, 3.05) is 19.6 Å². The van der Waals surface area contributed by atoms with E-state index in [-0.39, 0.29) is 0 Å². The number of aliphatic carboxylic acids is 1. The van der Waals surface area contributed by atoms with Crippen molar-refractivity contribution in [3.8, 4) is 0 Å². The van der Waals surface area contributed by atoms with Crippen molar-refractivity contribution < 1.29 is 9.90 Å². The predicted molar refractivity (Wildman–Crippen MR) is 81.5 cm³/mol. The Labute approximate surface area is 118 Å². The van der Waals surface area contributed by atoms with Crippen molar-refractivity contribution in [1.29, 1.82) is 0 Å². The number of nitrogens with zero attached hydrogens (tertiary/aromatic N) is 1. The molecule has 112 valence electrons. The standard InChI is InChI=1S/C16H31NO2/c1-4-17(5-2)14-12-10-8-6-7-9-11-13-15(3)16(18)19/h13H,4-12,14H2,1-3H3,(H,18,19). The quantitative estimate of drug-likeness (QED) is 0.428. The van der Waals surface area contributed by atoms with E-state index in [0.717, 1.165) is 25.9 Å². The molecule has 3 nitrogen and oxygen atoms in total. The Morgan fingerprint density at radius 1 is 1.00 bits per heavy atom. The molecule has 0 radical (unpaired) electrons. The number of carbonyl (C=O) groups is 1. The van der Waals surface area contributed by atoms with Gasteiger partial charge in [0.05, 0.1) is 0 Å². The third kappa shape index (κ3) is 10.8. The van der Waals surface area contributed by atoms with Crippen LogP contribution in [0.25, 0.3) is 0 Å². The zero-order chi connectivity index (χ0) is 14.5. The second kappa shape index (κ2) is 12.2. The van der Waals surface area contributed by atoms with Crippen LogP contribution in [-0.2, 0) is 4.79 Å². The van der Waals surface area contributed by atoms with E-state index in [1.54, 1.807) is 6.92 Å². The van der Waals surface area contributed by atoms with E-state index in [1.807, 2.05) is 6.08 Å². The number of unbranched alkanes of at least 4 members (excludes halogenated alkanes) is 6. The molecule has 0 aromatic heterocycles. The lowest BCUT2D eigenvalue weighted by molar-refractivity contribution is -0.132. The van der Waals surface area contributed by atoms with E-state index >= 15 is 0 Å². The Morgan fingerprint density at radius 3 is 2.05 bits per heavy atom. The number of hydrogen-bond acceptors (Lipinski definition) is 2. The van der Waals surface area contributed by atoms with Gasteiger partial charge in [0.2, 0.25) is 0 Å². The number of carboxylic acid groups (broad SMARTS) is 1. The molecule has 0 amide bonds. The molecule has 0 fully saturated rings. The Kier molecular flexibility index (Phi) is 11.7. The minimum atomic E-state index is -0.795. The van der Waals surface area contributed by atoms with Crippen LogP contribution in [-0.4, -0.2) is 35.6 Å². The molecular formula is C16H31NO2. The van der Waals surface area contributed by atoms with E-state index in [9.17, 15) is 4.79 Å². The topological polar surface area (TPSA) is 40.5 Å². The van der Waals surface area contributed by atoms with Gasteiger partial charge in [0.15, 0.2) is 0 Å². The van der Waals surface area contributed by atoms with Gasteiger partial charge in [0.25, 0.3) is 0 Å². The average Bonchev–Trinajstić information content (AvgIpc) is 2.40. The lowest BCUT2D eigenvalue weighted by atomic mass is 10.1. The van der Waals surface area contributed by atoms with Crippen molar-refractivity contribution in [3.05, 3.63) is 11.6 Å². The number of rotatable bonds is 12. The Hall–Kier alpha value is -0.830. The van der Waals surface area contributed by atoms with Crippen LogP contribution in [0, 0.1) is 0 Å². The summed E-state index contributed by atoms with van der Waals surface area (Å²) in [5.41, 5.74) is 0.472. The molecule has 0 aromatic rings. The molecular weight excluding hydrogens is 238 g/mol. The van der Waals surface area contributed by atoms with Crippen molar-refractivity contribution in [2.45, 2.75) is 65.7 Å². The van der Waals surface area contributed by atoms with E-state index in [4.69, 9.17) is 5.11 Å². The van der Waals surface area contributed by atoms with E-state index in [2.05, 4.69) is 18.7 Å². The molecule has 1 N–H and O–H groups in total.